The Morgan fingerprint density at radius 1 is 1.10 bits per heavy atom. The number of halogens is 1. The normalized spacial score (nSPS) is 11.4. The Labute approximate surface area is 168 Å². The van der Waals surface area contributed by atoms with E-state index in [4.69, 9.17) is 0 Å². The summed E-state index contributed by atoms with van der Waals surface area (Å²) in [5.41, 5.74) is 1.07. The van der Waals surface area contributed by atoms with Gasteiger partial charge < -0.3 is 4.98 Å². The van der Waals surface area contributed by atoms with Gasteiger partial charge in [-0.15, -0.1) is 0 Å². The molecule has 4 N–H and O–H groups in total. The SMILES string of the molecule is O=C(N/N=C/c1cccc(F)c1)c1ccc(NS(=O)(=O)c2c[nH]c(=O)[nH]c2=O)cc1. The zero-order valence-corrected chi connectivity index (χ0v) is 15.9. The molecule has 2 aromatic carbocycles. The second kappa shape index (κ2) is 8.53. The van der Waals surface area contributed by atoms with Gasteiger partial charge in [-0.25, -0.2) is 23.0 Å². The van der Waals surface area contributed by atoms with E-state index in [9.17, 15) is 27.2 Å². The van der Waals surface area contributed by atoms with Crippen molar-refractivity contribution in [3.8, 4) is 0 Å². The lowest BCUT2D eigenvalue weighted by atomic mass is 10.2. The highest BCUT2D eigenvalue weighted by Crippen LogP contribution is 2.14. The van der Waals surface area contributed by atoms with Crippen LogP contribution in [0, 0.1) is 5.82 Å². The van der Waals surface area contributed by atoms with Crippen LogP contribution >= 0.6 is 0 Å². The van der Waals surface area contributed by atoms with Gasteiger partial charge in [0.05, 0.1) is 6.21 Å². The minimum absolute atomic E-state index is 0.0837. The third-order valence-corrected chi connectivity index (χ3v) is 5.09. The molecular weight excluding hydrogens is 417 g/mol. The van der Waals surface area contributed by atoms with E-state index in [-0.39, 0.29) is 11.3 Å². The number of anilines is 1. The third kappa shape index (κ3) is 5.05. The Morgan fingerprint density at radius 2 is 1.83 bits per heavy atom. The number of hydrogen-bond donors (Lipinski definition) is 4. The smallest absolute Gasteiger partial charge is 0.313 e. The van der Waals surface area contributed by atoms with E-state index in [1.807, 2.05) is 4.98 Å². The first-order valence-corrected chi connectivity index (χ1v) is 9.77. The highest BCUT2D eigenvalue weighted by molar-refractivity contribution is 7.92. The van der Waals surface area contributed by atoms with Crippen molar-refractivity contribution in [3.63, 3.8) is 0 Å². The summed E-state index contributed by atoms with van der Waals surface area (Å²) in [6, 6.07) is 10.9. The molecule has 1 amide bonds. The van der Waals surface area contributed by atoms with Gasteiger partial charge in [0.1, 0.15) is 5.82 Å². The first-order chi connectivity index (χ1) is 14.2. The Kier molecular flexibility index (Phi) is 5.88. The van der Waals surface area contributed by atoms with E-state index < -0.39 is 37.9 Å². The average Bonchev–Trinajstić information content (AvgIpc) is 2.68. The summed E-state index contributed by atoms with van der Waals surface area (Å²) in [6.07, 6.45) is 2.05. The zero-order valence-electron chi connectivity index (χ0n) is 15.0. The molecule has 3 rings (SSSR count). The lowest BCUT2D eigenvalue weighted by molar-refractivity contribution is 0.0955. The van der Waals surface area contributed by atoms with E-state index in [0.717, 1.165) is 6.20 Å². The van der Waals surface area contributed by atoms with Crippen molar-refractivity contribution >= 4 is 27.8 Å². The summed E-state index contributed by atoms with van der Waals surface area (Å²) in [5, 5.41) is 3.73. The number of hydrogen-bond acceptors (Lipinski definition) is 6. The molecule has 0 spiro atoms. The number of aromatic nitrogens is 2. The highest BCUT2D eigenvalue weighted by atomic mass is 32.2. The standard InChI is InChI=1S/C18H14FN5O5S/c19-13-3-1-2-11(8-13)9-21-23-16(25)12-4-6-14(7-5-12)24-30(28,29)15-10-20-18(27)22-17(15)26/h1-10,24H,(H,23,25)(H2,20,22,26,27)/b21-9+. The maximum absolute atomic E-state index is 13.1. The van der Waals surface area contributed by atoms with E-state index >= 15 is 0 Å². The van der Waals surface area contributed by atoms with Crippen LogP contribution in [0.3, 0.4) is 0 Å². The molecule has 12 heteroatoms. The molecule has 30 heavy (non-hydrogen) atoms. The van der Waals surface area contributed by atoms with Crippen LogP contribution in [0.15, 0.2) is 74.3 Å². The Bertz CT molecular complexity index is 1330. The lowest BCUT2D eigenvalue weighted by Gasteiger charge is -2.07. The Balaban J connectivity index is 1.67. The molecule has 10 nitrogen and oxygen atoms in total. The summed E-state index contributed by atoms with van der Waals surface area (Å²) in [5.74, 6) is -1.01. The van der Waals surface area contributed by atoms with Gasteiger partial charge in [-0.05, 0) is 42.0 Å². The van der Waals surface area contributed by atoms with Crippen LogP contribution < -0.4 is 21.4 Å². The van der Waals surface area contributed by atoms with Crippen molar-refractivity contribution in [1.29, 1.82) is 0 Å². The van der Waals surface area contributed by atoms with E-state index in [0.29, 0.717) is 5.56 Å². The molecule has 0 radical (unpaired) electrons. The molecule has 1 aromatic heterocycles. The van der Waals surface area contributed by atoms with Crippen molar-refractivity contribution in [2.75, 3.05) is 4.72 Å². The van der Waals surface area contributed by atoms with Crippen LogP contribution in [0.4, 0.5) is 10.1 Å². The first kappa shape index (κ1) is 20.7. The predicted octanol–water partition coefficient (Wildman–Crippen LogP) is 0.767. The topological polar surface area (TPSA) is 153 Å². The number of carbonyl (C=O) groups excluding carboxylic acids is 1. The molecule has 1 heterocycles. The summed E-state index contributed by atoms with van der Waals surface area (Å²) < 4.78 is 39.8. The number of hydrazone groups is 1. The van der Waals surface area contributed by atoms with Crippen molar-refractivity contribution < 1.29 is 17.6 Å². The molecule has 0 unspecified atom stereocenters. The fraction of sp³-hybridized carbons (Fsp3) is 0. The summed E-state index contributed by atoms with van der Waals surface area (Å²) >= 11 is 0. The number of H-pyrrole nitrogens is 2. The minimum Gasteiger partial charge on any atom is -0.313 e. The second-order valence-corrected chi connectivity index (χ2v) is 7.52. The molecule has 0 aliphatic rings. The highest BCUT2D eigenvalue weighted by Gasteiger charge is 2.19. The Morgan fingerprint density at radius 3 is 2.50 bits per heavy atom. The molecule has 0 fully saturated rings. The fourth-order valence-corrected chi connectivity index (χ4v) is 3.38. The molecule has 0 saturated heterocycles. The molecule has 0 atom stereocenters. The van der Waals surface area contributed by atoms with Crippen molar-refractivity contribution in [2.45, 2.75) is 4.90 Å². The quantitative estimate of drug-likeness (QED) is 0.335. The number of nitrogens with zero attached hydrogens (tertiary/aromatic N) is 1. The number of benzene rings is 2. The third-order valence-electron chi connectivity index (χ3n) is 3.70. The van der Waals surface area contributed by atoms with E-state index in [1.165, 1.54) is 48.7 Å². The van der Waals surface area contributed by atoms with E-state index in [1.54, 1.807) is 6.07 Å². The van der Waals surface area contributed by atoms with Gasteiger partial charge in [-0.2, -0.15) is 5.10 Å². The van der Waals surface area contributed by atoms with Crippen LogP contribution in [0.5, 0.6) is 0 Å². The monoisotopic (exact) mass is 431 g/mol. The zero-order chi connectivity index (χ0) is 21.7. The number of rotatable bonds is 6. The number of nitrogens with one attached hydrogen (secondary N) is 4. The average molecular weight is 431 g/mol. The van der Waals surface area contributed by atoms with Crippen LogP contribution in [0.2, 0.25) is 0 Å². The predicted molar refractivity (Wildman–Crippen MR) is 106 cm³/mol. The van der Waals surface area contributed by atoms with Crippen LogP contribution in [-0.4, -0.2) is 30.5 Å². The molecule has 0 bridgehead atoms. The summed E-state index contributed by atoms with van der Waals surface area (Å²) in [7, 11) is -4.26. The molecule has 0 aliphatic heterocycles. The maximum Gasteiger partial charge on any atom is 0.325 e. The number of carbonyl (C=O) groups is 1. The number of amides is 1. The van der Waals surface area contributed by atoms with Crippen LogP contribution in [-0.2, 0) is 10.0 Å². The number of aromatic amines is 2. The largest absolute Gasteiger partial charge is 0.325 e. The fourth-order valence-electron chi connectivity index (χ4n) is 2.31. The van der Waals surface area contributed by atoms with Gasteiger partial charge in [0.15, 0.2) is 4.90 Å². The van der Waals surface area contributed by atoms with Crippen molar-refractivity contribution in [2.24, 2.45) is 5.10 Å². The summed E-state index contributed by atoms with van der Waals surface area (Å²) in [6.45, 7) is 0. The van der Waals surface area contributed by atoms with Gasteiger partial charge in [0.2, 0.25) is 0 Å². The van der Waals surface area contributed by atoms with E-state index in [2.05, 4.69) is 20.2 Å². The molecule has 0 aliphatic carbocycles. The summed E-state index contributed by atoms with van der Waals surface area (Å²) in [4.78, 5) is 38.0. The lowest BCUT2D eigenvalue weighted by Crippen LogP contribution is -2.29. The molecule has 154 valence electrons. The van der Waals surface area contributed by atoms with Crippen molar-refractivity contribution in [1.82, 2.24) is 15.4 Å². The van der Waals surface area contributed by atoms with Gasteiger partial charge in [0, 0.05) is 17.4 Å². The van der Waals surface area contributed by atoms with Gasteiger partial charge in [-0.1, -0.05) is 12.1 Å². The molecule has 3 aromatic rings. The Hall–Kier alpha value is -4.06. The molecular formula is C18H14FN5O5S. The second-order valence-electron chi connectivity index (χ2n) is 5.87. The van der Waals surface area contributed by atoms with Gasteiger partial charge in [0.25, 0.3) is 21.5 Å². The number of sulfonamides is 1. The molecule has 0 saturated carbocycles. The van der Waals surface area contributed by atoms with Crippen molar-refractivity contribution in [3.05, 3.63) is 92.5 Å². The van der Waals surface area contributed by atoms with Gasteiger partial charge in [-0.3, -0.25) is 19.3 Å². The minimum atomic E-state index is -4.26. The maximum atomic E-state index is 13.1. The first-order valence-electron chi connectivity index (χ1n) is 8.28. The van der Waals surface area contributed by atoms with Crippen LogP contribution in [0.1, 0.15) is 15.9 Å². The van der Waals surface area contributed by atoms with Gasteiger partial charge >= 0.3 is 5.69 Å². The van der Waals surface area contributed by atoms with Crippen LogP contribution in [0.25, 0.3) is 0 Å².